The molecule has 34 heavy (non-hydrogen) atoms. The molecule has 1 aromatic heterocycles. The molecule has 0 amide bonds. The average Bonchev–Trinajstić information content (AvgIpc) is 3.18. The Bertz CT molecular complexity index is 1350. The summed E-state index contributed by atoms with van der Waals surface area (Å²) in [6.45, 7) is 2.04. The lowest BCUT2D eigenvalue weighted by molar-refractivity contribution is -0.137. The molecule has 8 heteroatoms. The lowest BCUT2D eigenvalue weighted by Gasteiger charge is -2.18. The van der Waals surface area contributed by atoms with Crippen LogP contribution in [0.2, 0.25) is 0 Å². The van der Waals surface area contributed by atoms with Gasteiger partial charge in [-0.3, -0.25) is 0 Å². The Labute approximate surface area is 202 Å². The van der Waals surface area contributed by atoms with Crippen molar-refractivity contribution in [3.05, 3.63) is 106 Å². The number of ether oxygens (including phenoxy) is 1. The first-order chi connectivity index (χ1) is 16.1. The second-order valence-electron chi connectivity index (χ2n) is 7.65. The number of rotatable bonds is 6. The van der Waals surface area contributed by atoms with E-state index in [2.05, 4.69) is 15.9 Å². The zero-order valence-electron chi connectivity index (χ0n) is 17.9. The normalized spacial score (nSPS) is 11.4. The van der Waals surface area contributed by atoms with Crippen molar-refractivity contribution in [1.82, 2.24) is 4.57 Å². The van der Waals surface area contributed by atoms with Gasteiger partial charge in [-0.2, -0.15) is 13.2 Å². The largest absolute Gasteiger partial charge is 0.488 e. The summed E-state index contributed by atoms with van der Waals surface area (Å²) in [4.78, 5) is 11.6. The summed E-state index contributed by atoms with van der Waals surface area (Å²) < 4.78 is 49.0. The Morgan fingerprint density at radius 2 is 1.74 bits per heavy atom. The van der Waals surface area contributed by atoms with Gasteiger partial charge in [-0.25, -0.2) is 4.79 Å². The van der Waals surface area contributed by atoms with Gasteiger partial charge in [-0.05, 0) is 70.9 Å². The molecule has 0 bridgehead atoms. The summed E-state index contributed by atoms with van der Waals surface area (Å²) >= 11 is 3.54. The Hall–Kier alpha value is -3.52. The molecule has 0 unspecified atom stereocenters. The molecule has 0 saturated carbocycles. The van der Waals surface area contributed by atoms with Gasteiger partial charge in [-0.1, -0.05) is 36.4 Å². The number of halogens is 4. The summed E-state index contributed by atoms with van der Waals surface area (Å²) in [6, 6.07) is 21.3. The van der Waals surface area contributed by atoms with Crippen LogP contribution in [-0.2, 0) is 12.8 Å². The highest BCUT2D eigenvalue weighted by Gasteiger charge is 2.32. The van der Waals surface area contributed by atoms with E-state index < -0.39 is 23.3 Å². The lowest BCUT2D eigenvalue weighted by atomic mass is 10.1. The van der Waals surface area contributed by atoms with Crippen LogP contribution in [0.15, 0.2) is 83.3 Å². The van der Waals surface area contributed by atoms with Crippen LogP contribution in [0, 0.1) is 6.92 Å². The zero-order chi connectivity index (χ0) is 24.5. The Morgan fingerprint density at radius 3 is 2.41 bits per heavy atom. The van der Waals surface area contributed by atoms with Gasteiger partial charge in [-0.15, -0.1) is 0 Å². The fraction of sp³-hybridized carbons (Fsp3) is 0.115. The van der Waals surface area contributed by atoms with Crippen LogP contribution in [0.4, 0.5) is 13.2 Å². The van der Waals surface area contributed by atoms with Gasteiger partial charge >= 0.3 is 12.1 Å². The Kier molecular flexibility index (Phi) is 6.52. The molecule has 0 aliphatic heterocycles. The molecule has 0 aliphatic rings. The molecule has 174 valence electrons. The molecule has 1 heterocycles. The van der Waals surface area contributed by atoms with E-state index in [1.807, 2.05) is 36.4 Å². The Morgan fingerprint density at radius 1 is 1.00 bits per heavy atom. The second-order valence-corrected chi connectivity index (χ2v) is 8.51. The second kappa shape index (κ2) is 9.38. The van der Waals surface area contributed by atoms with Gasteiger partial charge in [0.15, 0.2) is 0 Å². The maximum atomic E-state index is 13.5. The lowest BCUT2D eigenvalue weighted by Crippen LogP contribution is -2.11. The minimum absolute atomic E-state index is 0.0921. The maximum absolute atomic E-state index is 13.5. The van der Waals surface area contributed by atoms with Gasteiger partial charge in [0.1, 0.15) is 12.4 Å². The first kappa shape index (κ1) is 23.6. The van der Waals surface area contributed by atoms with Gasteiger partial charge in [0, 0.05) is 15.9 Å². The van der Waals surface area contributed by atoms with E-state index in [1.54, 1.807) is 35.8 Å². The SMILES string of the molecule is Cc1ccc(-c2c(Br)cccc2OCc2ccccc2)n1-c1cc(C(=O)O)cc(C(F)(F)F)c1. The minimum Gasteiger partial charge on any atom is -0.488 e. The Balaban J connectivity index is 1.85. The highest BCUT2D eigenvalue weighted by atomic mass is 79.9. The van der Waals surface area contributed by atoms with Crippen LogP contribution in [-0.4, -0.2) is 15.6 Å². The summed E-state index contributed by atoms with van der Waals surface area (Å²) in [5.41, 5.74) is 1.41. The van der Waals surface area contributed by atoms with E-state index in [0.717, 1.165) is 11.6 Å². The number of carboxylic acid groups (broad SMARTS) is 1. The fourth-order valence-electron chi connectivity index (χ4n) is 3.71. The smallest absolute Gasteiger partial charge is 0.416 e. The summed E-state index contributed by atoms with van der Waals surface area (Å²) in [7, 11) is 0. The van der Waals surface area contributed by atoms with Gasteiger partial charge in [0.25, 0.3) is 0 Å². The van der Waals surface area contributed by atoms with Crippen LogP contribution >= 0.6 is 15.9 Å². The van der Waals surface area contributed by atoms with Crippen molar-refractivity contribution < 1.29 is 27.8 Å². The number of aryl methyl sites for hydroxylation is 1. The monoisotopic (exact) mass is 529 g/mol. The third-order valence-electron chi connectivity index (χ3n) is 5.29. The quantitative estimate of drug-likeness (QED) is 0.281. The number of aromatic carboxylic acids is 1. The summed E-state index contributed by atoms with van der Waals surface area (Å²) in [5, 5.41) is 9.41. The molecular weight excluding hydrogens is 511 g/mol. The number of hydrogen-bond donors (Lipinski definition) is 1. The molecule has 0 aliphatic carbocycles. The van der Waals surface area contributed by atoms with E-state index in [4.69, 9.17) is 4.74 Å². The van der Waals surface area contributed by atoms with Crippen molar-refractivity contribution in [1.29, 1.82) is 0 Å². The molecule has 0 spiro atoms. The predicted octanol–water partition coefficient (Wildman–Crippen LogP) is 7.51. The molecule has 0 fully saturated rings. The van der Waals surface area contributed by atoms with Crippen molar-refractivity contribution in [2.45, 2.75) is 19.7 Å². The van der Waals surface area contributed by atoms with Crippen LogP contribution < -0.4 is 4.74 Å². The van der Waals surface area contributed by atoms with E-state index >= 15 is 0 Å². The molecule has 3 aromatic carbocycles. The molecule has 4 nitrogen and oxygen atoms in total. The van der Waals surface area contributed by atoms with E-state index in [-0.39, 0.29) is 5.69 Å². The van der Waals surface area contributed by atoms with Crippen LogP contribution in [0.1, 0.15) is 27.2 Å². The number of hydrogen-bond acceptors (Lipinski definition) is 2. The molecule has 4 rings (SSSR count). The fourth-order valence-corrected chi connectivity index (χ4v) is 4.26. The predicted molar refractivity (Wildman–Crippen MR) is 126 cm³/mol. The summed E-state index contributed by atoms with van der Waals surface area (Å²) in [5.74, 6) is -0.908. The van der Waals surface area contributed by atoms with Crippen LogP contribution in [0.3, 0.4) is 0 Å². The molecule has 1 N–H and O–H groups in total. The third kappa shape index (κ3) is 4.87. The standard InChI is InChI=1S/C26H19BrF3NO3/c1-16-10-11-22(31(16)20-13-18(25(32)33)12-19(14-20)26(28,29)30)24-21(27)8-5-9-23(24)34-15-17-6-3-2-4-7-17/h2-14H,15H2,1H3,(H,32,33). The van der Waals surface area contributed by atoms with Crippen molar-refractivity contribution in [3.8, 4) is 22.7 Å². The summed E-state index contributed by atoms with van der Waals surface area (Å²) in [6.07, 6.45) is -4.70. The zero-order valence-corrected chi connectivity index (χ0v) is 19.5. The van der Waals surface area contributed by atoms with Gasteiger partial charge in [0.2, 0.25) is 0 Å². The number of aromatic nitrogens is 1. The van der Waals surface area contributed by atoms with Crippen molar-refractivity contribution in [2.75, 3.05) is 0 Å². The van der Waals surface area contributed by atoms with Crippen LogP contribution in [0.5, 0.6) is 5.75 Å². The van der Waals surface area contributed by atoms with E-state index in [1.165, 1.54) is 6.07 Å². The molecular formula is C26H19BrF3NO3. The van der Waals surface area contributed by atoms with E-state index in [0.29, 0.717) is 39.8 Å². The minimum atomic E-state index is -4.70. The first-order valence-corrected chi connectivity index (χ1v) is 11.0. The number of carboxylic acids is 1. The van der Waals surface area contributed by atoms with Crippen LogP contribution in [0.25, 0.3) is 16.9 Å². The highest BCUT2D eigenvalue weighted by Crippen LogP contribution is 2.40. The number of nitrogens with zero attached hydrogens (tertiary/aromatic N) is 1. The topological polar surface area (TPSA) is 51.5 Å². The molecule has 0 atom stereocenters. The molecule has 0 saturated heterocycles. The van der Waals surface area contributed by atoms with Crippen molar-refractivity contribution >= 4 is 21.9 Å². The third-order valence-corrected chi connectivity index (χ3v) is 5.96. The number of alkyl halides is 3. The number of benzene rings is 3. The number of carbonyl (C=O) groups is 1. The van der Waals surface area contributed by atoms with Gasteiger partial charge < -0.3 is 14.4 Å². The first-order valence-electron chi connectivity index (χ1n) is 10.2. The van der Waals surface area contributed by atoms with Crippen molar-refractivity contribution in [3.63, 3.8) is 0 Å². The average molecular weight is 530 g/mol. The highest BCUT2D eigenvalue weighted by molar-refractivity contribution is 9.10. The van der Waals surface area contributed by atoms with E-state index in [9.17, 15) is 23.1 Å². The van der Waals surface area contributed by atoms with Crippen molar-refractivity contribution in [2.24, 2.45) is 0 Å². The molecule has 0 radical (unpaired) electrons. The molecule has 4 aromatic rings. The van der Waals surface area contributed by atoms with Gasteiger partial charge in [0.05, 0.1) is 22.4 Å². The maximum Gasteiger partial charge on any atom is 0.416 e.